The van der Waals surface area contributed by atoms with Crippen LogP contribution in [0.3, 0.4) is 0 Å². The summed E-state index contributed by atoms with van der Waals surface area (Å²) in [4.78, 5) is 0. The van der Waals surface area contributed by atoms with E-state index in [-0.39, 0.29) is 5.82 Å². The van der Waals surface area contributed by atoms with Crippen molar-refractivity contribution in [3.05, 3.63) is 40.4 Å². The molecule has 0 fully saturated rings. The molecule has 1 aromatic carbocycles. The Labute approximate surface area is 112 Å². The molecule has 0 aliphatic rings. The van der Waals surface area contributed by atoms with Gasteiger partial charge in [-0.05, 0) is 31.0 Å². The third-order valence-electron chi connectivity index (χ3n) is 2.26. The van der Waals surface area contributed by atoms with Gasteiger partial charge in [-0.25, -0.2) is 9.07 Å². The standard InChI is InChI=1S/C11H10BrClFN3/c12-8-3-4-11(10(14)6-8)17-7-9(15-16-17)2-1-5-13/h3-4,6-7H,1-2,5H2. The summed E-state index contributed by atoms with van der Waals surface area (Å²) in [6, 6.07) is 4.81. The van der Waals surface area contributed by atoms with Crippen molar-refractivity contribution in [2.24, 2.45) is 0 Å². The fraction of sp³-hybridized carbons (Fsp3) is 0.273. The number of nitrogens with zero attached hydrogens (tertiary/aromatic N) is 3. The Balaban J connectivity index is 2.24. The van der Waals surface area contributed by atoms with Crippen molar-refractivity contribution in [2.75, 3.05) is 5.88 Å². The number of hydrogen-bond acceptors (Lipinski definition) is 2. The number of aryl methyl sites for hydroxylation is 1. The van der Waals surface area contributed by atoms with Crippen molar-refractivity contribution in [1.82, 2.24) is 15.0 Å². The lowest BCUT2D eigenvalue weighted by molar-refractivity contribution is 0.606. The average molecular weight is 319 g/mol. The van der Waals surface area contributed by atoms with Crippen LogP contribution >= 0.6 is 27.5 Å². The molecule has 0 bridgehead atoms. The molecule has 0 saturated heterocycles. The van der Waals surface area contributed by atoms with Crippen molar-refractivity contribution in [2.45, 2.75) is 12.8 Å². The molecule has 0 N–H and O–H groups in total. The fourth-order valence-electron chi connectivity index (χ4n) is 1.45. The minimum absolute atomic E-state index is 0.340. The Hall–Kier alpha value is -0.940. The molecular formula is C11H10BrClFN3. The first-order valence-electron chi connectivity index (χ1n) is 5.13. The second-order valence-corrected chi connectivity index (χ2v) is 4.84. The molecule has 1 aromatic heterocycles. The molecule has 0 spiro atoms. The zero-order chi connectivity index (χ0) is 12.3. The van der Waals surface area contributed by atoms with Gasteiger partial charge in [0.2, 0.25) is 0 Å². The molecule has 17 heavy (non-hydrogen) atoms. The summed E-state index contributed by atoms with van der Waals surface area (Å²) in [5, 5.41) is 7.87. The van der Waals surface area contributed by atoms with E-state index in [9.17, 15) is 4.39 Å². The van der Waals surface area contributed by atoms with Gasteiger partial charge in [-0.15, -0.1) is 16.7 Å². The van der Waals surface area contributed by atoms with Crippen molar-refractivity contribution in [3.63, 3.8) is 0 Å². The van der Waals surface area contributed by atoms with Crippen LogP contribution in [-0.2, 0) is 6.42 Å². The summed E-state index contributed by atoms with van der Waals surface area (Å²) >= 11 is 8.81. The van der Waals surface area contributed by atoms with E-state index in [1.54, 1.807) is 18.3 Å². The summed E-state index contributed by atoms with van der Waals surface area (Å²) in [6.45, 7) is 0. The van der Waals surface area contributed by atoms with E-state index >= 15 is 0 Å². The van der Waals surface area contributed by atoms with Crippen LogP contribution in [-0.4, -0.2) is 20.9 Å². The molecule has 2 aromatic rings. The molecule has 0 atom stereocenters. The molecule has 2 rings (SSSR count). The minimum atomic E-state index is -0.340. The van der Waals surface area contributed by atoms with Crippen LogP contribution in [0.25, 0.3) is 5.69 Å². The van der Waals surface area contributed by atoms with E-state index in [1.807, 2.05) is 0 Å². The number of halogens is 3. The SMILES string of the molecule is Fc1cc(Br)ccc1-n1cc(CCCCl)nn1. The highest BCUT2D eigenvalue weighted by molar-refractivity contribution is 9.10. The summed E-state index contributed by atoms with van der Waals surface area (Å²) in [5.74, 6) is 0.243. The Morgan fingerprint density at radius 2 is 2.24 bits per heavy atom. The van der Waals surface area contributed by atoms with Crippen LogP contribution in [0.15, 0.2) is 28.9 Å². The lowest BCUT2D eigenvalue weighted by Crippen LogP contribution is -1.98. The lowest BCUT2D eigenvalue weighted by atomic mass is 10.2. The molecule has 1 heterocycles. The molecule has 90 valence electrons. The Morgan fingerprint density at radius 1 is 1.41 bits per heavy atom. The second kappa shape index (κ2) is 5.60. The van der Waals surface area contributed by atoms with Gasteiger partial charge in [-0.2, -0.15) is 0 Å². The highest BCUT2D eigenvalue weighted by Gasteiger charge is 2.07. The molecular weight excluding hydrogens is 308 g/mol. The van der Waals surface area contributed by atoms with Gasteiger partial charge in [-0.3, -0.25) is 0 Å². The maximum Gasteiger partial charge on any atom is 0.150 e. The van der Waals surface area contributed by atoms with E-state index in [1.165, 1.54) is 10.7 Å². The Bertz CT molecular complexity index is 515. The maximum atomic E-state index is 13.7. The van der Waals surface area contributed by atoms with Gasteiger partial charge in [0.1, 0.15) is 11.5 Å². The molecule has 0 radical (unpaired) electrons. The molecule has 0 unspecified atom stereocenters. The quantitative estimate of drug-likeness (QED) is 0.810. The van der Waals surface area contributed by atoms with Crippen molar-refractivity contribution in [3.8, 4) is 5.69 Å². The second-order valence-electron chi connectivity index (χ2n) is 3.54. The summed E-state index contributed by atoms with van der Waals surface area (Å²) < 4.78 is 15.8. The zero-order valence-electron chi connectivity index (χ0n) is 8.91. The van der Waals surface area contributed by atoms with Gasteiger partial charge in [-0.1, -0.05) is 21.1 Å². The number of alkyl halides is 1. The van der Waals surface area contributed by atoms with Crippen LogP contribution in [0, 0.1) is 5.82 Å². The molecule has 0 amide bonds. The first kappa shape index (κ1) is 12.5. The van der Waals surface area contributed by atoms with Crippen LogP contribution in [0.5, 0.6) is 0 Å². The number of hydrogen-bond donors (Lipinski definition) is 0. The molecule has 3 nitrogen and oxygen atoms in total. The van der Waals surface area contributed by atoms with Gasteiger partial charge in [0.25, 0.3) is 0 Å². The monoisotopic (exact) mass is 317 g/mol. The maximum absolute atomic E-state index is 13.7. The average Bonchev–Trinajstić information content (AvgIpc) is 2.75. The van der Waals surface area contributed by atoms with Crippen LogP contribution < -0.4 is 0 Å². The number of rotatable bonds is 4. The predicted molar refractivity (Wildman–Crippen MR) is 68.1 cm³/mol. The summed E-state index contributed by atoms with van der Waals surface area (Å²) in [6.07, 6.45) is 3.31. The Kier molecular flexibility index (Phi) is 4.12. The van der Waals surface area contributed by atoms with Gasteiger partial charge < -0.3 is 0 Å². The third-order valence-corrected chi connectivity index (χ3v) is 3.02. The van der Waals surface area contributed by atoms with Crippen LogP contribution in [0.2, 0.25) is 0 Å². The topological polar surface area (TPSA) is 30.7 Å². The smallest absolute Gasteiger partial charge is 0.150 e. The highest BCUT2D eigenvalue weighted by Crippen LogP contribution is 2.18. The number of benzene rings is 1. The van der Waals surface area contributed by atoms with Crippen molar-refractivity contribution in [1.29, 1.82) is 0 Å². The van der Waals surface area contributed by atoms with E-state index in [0.717, 1.165) is 18.5 Å². The first-order valence-corrected chi connectivity index (χ1v) is 6.46. The minimum Gasteiger partial charge on any atom is -0.217 e. The van der Waals surface area contributed by atoms with E-state index in [2.05, 4.69) is 26.2 Å². The largest absolute Gasteiger partial charge is 0.217 e. The first-order chi connectivity index (χ1) is 8.20. The number of aromatic nitrogens is 3. The van der Waals surface area contributed by atoms with E-state index < -0.39 is 0 Å². The summed E-state index contributed by atoms with van der Waals surface area (Å²) in [7, 11) is 0. The van der Waals surface area contributed by atoms with Crippen molar-refractivity contribution < 1.29 is 4.39 Å². The Morgan fingerprint density at radius 3 is 2.94 bits per heavy atom. The van der Waals surface area contributed by atoms with Gasteiger partial charge in [0.05, 0.1) is 11.9 Å². The molecule has 0 aliphatic heterocycles. The van der Waals surface area contributed by atoms with Gasteiger partial charge in [0.15, 0.2) is 0 Å². The summed E-state index contributed by atoms with van der Waals surface area (Å²) in [5.41, 5.74) is 1.20. The third kappa shape index (κ3) is 3.04. The van der Waals surface area contributed by atoms with Crippen LogP contribution in [0.1, 0.15) is 12.1 Å². The highest BCUT2D eigenvalue weighted by atomic mass is 79.9. The predicted octanol–water partition coefficient (Wildman–Crippen LogP) is 3.34. The van der Waals surface area contributed by atoms with Crippen molar-refractivity contribution >= 4 is 27.5 Å². The van der Waals surface area contributed by atoms with Crippen LogP contribution in [0.4, 0.5) is 4.39 Å². The molecule has 0 saturated carbocycles. The fourth-order valence-corrected chi connectivity index (χ4v) is 1.91. The lowest BCUT2D eigenvalue weighted by Gasteiger charge is -2.01. The van der Waals surface area contributed by atoms with E-state index in [4.69, 9.17) is 11.6 Å². The zero-order valence-corrected chi connectivity index (χ0v) is 11.2. The van der Waals surface area contributed by atoms with E-state index in [0.29, 0.717) is 16.0 Å². The van der Waals surface area contributed by atoms with Gasteiger partial charge in [0, 0.05) is 10.4 Å². The molecule has 6 heteroatoms. The normalized spacial score (nSPS) is 10.8. The van der Waals surface area contributed by atoms with Gasteiger partial charge >= 0.3 is 0 Å². The molecule has 0 aliphatic carbocycles.